The van der Waals surface area contributed by atoms with Gasteiger partial charge in [0.05, 0.1) is 10.7 Å². The number of rotatable bonds is 4. The van der Waals surface area contributed by atoms with E-state index in [0.29, 0.717) is 27.4 Å². The van der Waals surface area contributed by atoms with Crippen LogP contribution in [0.5, 0.6) is 0 Å². The van der Waals surface area contributed by atoms with Crippen LogP contribution < -0.4 is 16.4 Å². The average molecular weight is 360 g/mol. The van der Waals surface area contributed by atoms with Gasteiger partial charge in [0.25, 0.3) is 0 Å². The van der Waals surface area contributed by atoms with Crippen LogP contribution in [0.4, 0.5) is 28.7 Å². The van der Waals surface area contributed by atoms with Gasteiger partial charge in [0, 0.05) is 10.7 Å². The fraction of sp³-hybridized carbons (Fsp3) is 0.0588. The van der Waals surface area contributed by atoms with Crippen LogP contribution in [0.1, 0.15) is 5.56 Å². The lowest BCUT2D eigenvalue weighted by molar-refractivity contribution is 1.17. The van der Waals surface area contributed by atoms with Gasteiger partial charge in [-0.3, -0.25) is 0 Å². The van der Waals surface area contributed by atoms with Gasteiger partial charge in [-0.05, 0) is 36.8 Å². The molecule has 1 heterocycles. The summed E-state index contributed by atoms with van der Waals surface area (Å²) in [6.07, 6.45) is 1.43. The summed E-state index contributed by atoms with van der Waals surface area (Å²) < 4.78 is 0. The van der Waals surface area contributed by atoms with Gasteiger partial charge >= 0.3 is 0 Å². The Balaban J connectivity index is 1.91. The molecule has 2 aromatic carbocycles. The van der Waals surface area contributed by atoms with Crippen LogP contribution >= 0.6 is 23.2 Å². The zero-order valence-corrected chi connectivity index (χ0v) is 14.4. The second kappa shape index (κ2) is 6.95. The van der Waals surface area contributed by atoms with Crippen molar-refractivity contribution in [2.24, 2.45) is 0 Å². The van der Waals surface area contributed by atoms with E-state index >= 15 is 0 Å². The molecule has 3 rings (SSSR count). The van der Waals surface area contributed by atoms with Crippen LogP contribution in [-0.2, 0) is 0 Å². The van der Waals surface area contributed by atoms with Crippen LogP contribution in [0, 0.1) is 6.92 Å². The molecule has 0 saturated carbocycles. The Morgan fingerprint density at radius 1 is 0.833 bits per heavy atom. The first-order valence-corrected chi connectivity index (χ1v) is 7.96. The van der Waals surface area contributed by atoms with Gasteiger partial charge in [0.15, 0.2) is 11.6 Å². The molecule has 0 aliphatic rings. The largest absolute Gasteiger partial charge is 0.393 e. The third kappa shape index (κ3) is 3.37. The minimum atomic E-state index is 0.386. The Bertz CT molecular complexity index is 883. The molecular formula is C17H15Cl2N5. The lowest BCUT2D eigenvalue weighted by Gasteiger charge is -2.14. The van der Waals surface area contributed by atoms with E-state index in [-0.39, 0.29) is 0 Å². The highest BCUT2D eigenvalue weighted by atomic mass is 35.5. The Kier molecular flexibility index (Phi) is 4.74. The predicted octanol–water partition coefficient (Wildman–Crippen LogP) is 5.16. The van der Waals surface area contributed by atoms with Gasteiger partial charge in [0.1, 0.15) is 12.0 Å². The zero-order chi connectivity index (χ0) is 17.1. The molecule has 0 amide bonds. The third-order valence-electron chi connectivity index (χ3n) is 3.53. The normalized spacial score (nSPS) is 10.5. The molecule has 5 nitrogen and oxygen atoms in total. The van der Waals surface area contributed by atoms with E-state index in [2.05, 4.69) is 20.6 Å². The fourth-order valence-electron chi connectivity index (χ4n) is 2.16. The maximum absolute atomic E-state index is 6.19. The Hall–Kier alpha value is -2.50. The molecule has 7 heteroatoms. The number of halogens is 2. The molecular weight excluding hydrogens is 345 g/mol. The number of nitrogens with two attached hydrogens (primary N) is 1. The van der Waals surface area contributed by atoms with E-state index in [1.807, 2.05) is 43.3 Å². The van der Waals surface area contributed by atoms with Crippen molar-refractivity contribution in [1.82, 2.24) is 9.97 Å². The Morgan fingerprint density at radius 2 is 1.42 bits per heavy atom. The van der Waals surface area contributed by atoms with E-state index < -0.39 is 0 Å². The number of para-hydroxylation sites is 1. The highest BCUT2D eigenvalue weighted by Gasteiger charge is 2.11. The van der Waals surface area contributed by atoms with Gasteiger partial charge in [-0.15, -0.1) is 0 Å². The van der Waals surface area contributed by atoms with Crippen molar-refractivity contribution in [2.75, 3.05) is 16.4 Å². The number of hydrogen-bond donors (Lipinski definition) is 3. The number of anilines is 5. The molecule has 0 atom stereocenters. The maximum Gasteiger partial charge on any atom is 0.159 e. The smallest absolute Gasteiger partial charge is 0.159 e. The molecule has 0 saturated heterocycles. The first-order chi connectivity index (χ1) is 11.6. The van der Waals surface area contributed by atoms with Gasteiger partial charge in [-0.2, -0.15) is 0 Å². The van der Waals surface area contributed by atoms with Crippen LogP contribution in [0.3, 0.4) is 0 Å². The van der Waals surface area contributed by atoms with Crippen molar-refractivity contribution in [2.45, 2.75) is 6.92 Å². The van der Waals surface area contributed by atoms with Crippen LogP contribution in [0.2, 0.25) is 10.0 Å². The molecule has 0 aliphatic heterocycles. The second-order valence-electron chi connectivity index (χ2n) is 5.13. The van der Waals surface area contributed by atoms with Gasteiger partial charge in [-0.1, -0.05) is 41.4 Å². The molecule has 0 fully saturated rings. The summed E-state index contributed by atoms with van der Waals surface area (Å²) in [5.74, 6) is 0.963. The second-order valence-corrected chi connectivity index (χ2v) is 5.94. The number of aromatic nitrogens is 2. The molecule has 0 radical (unpaired) electrons. The Labute approximate surface area is 149 Å². The number of benzene rings is 2. The monoisotopic (exact) mass is 359 g/mol. The highest BCUT2D eigenvalue weighted by Crippen LogP contribution is 2.32. The van der Waals surface area contributed by atoms with E-state index in [1.54, 1.807) is 6.07 Å². The van der Waals surface area contributed by atoms with E-state index in [4.69, 9.17) is 28.9 Å². The maximum atomic E-state index is 6.19. The summed E-state index contributed by atoms with van der Waals surface area (Å²) in [5.41, 5.74) is 9.04. The standard InChI is InChI=1S/C17H15Cl2N5/c1-10-11(18)6-4-8-13(10)23-16-15(20)17(22-9-21-16)24-14-7-3-2-5-12(14)19/h2-9H,20H2,1H3,(H2,21,22,23,24). The molecule has 4 N–H and O–H groups in total. The van der Waals surface area contributed by atoms with E-state index in [0.717, 1.165) is 16.9 Å². The van der Waals surface area contributed by atoms with Gasteiger partial charge in [0.2, 0.25) is 0 Å². The van der Waals surface area contributed by atoms with Crippen molar-refractivity contribution in [3.05, 3.63) is 64.4 Å². The van der Waals surface area contributed by atoms with Crippen molar-refractivity contribution in [1.29, 1.82) is 0 Å². The van der Waals surface area contributed by atoms with Gasteiger partial charge < -0.3 is 16.4 Å². The van der Waals surface area contributed by atoms with Crippen LogP contribution in [-0.4, -0.2) is 9.97 Å². The van der Waals surface area contributed by atoms with Crippen molar-refractivity contribution in [3.63, 3.8) is 0 Å². The Morgan fingerprint density at radius 3 is 2.12 bits per heavy atom. The predicted molar refractivity (Wildman–Crippen MR) is 101 cm³/mol. The van der Waals surface area contributed by atoms with Crippen molar-refractivity contribution >= 4 is 51.9 Å². The summed E-state index contributed by atoms with van der Waals surface area (Å²) in [7, 11) is 0. The van der Waals surface area contributed by atoms with Crippen molar-refractivity contribution < 1.29 is 0 Å². The molecule has 0 bridgehead atoms. The molecule has 0 spiro atoms. The van der Waals surface area contributed by atoms with E-state index in [1.165, 1.54) is 6.33 Å². The number of nitrogens with zero attached hydrogens (tertiary/aromatic N) is 2. The molecule has 122 valence electrons. The molecule has 0 unspecified atom stereocenters. The molecule has 0 aliphatic carbocycles. The molecule has 24 heavy (non-hydrogen) atoms. The van der Waals surface area contributed by atoms with E-state index in [9.17, 15) is 0 Å². The van der Waals surface area contributed by atoms with Gasteiger partial charge in [-0.25, -0.2) is 9.97 Å². The number of nitrogen functional groups attached to an aromatic ring is 1. The quantitative estimate of drug-likeness (QED) is 0.599. The van der Waals surface area contributed by atoms with Crippen LogP contribution in [0.25, 0.3) is 0 Å². The zero-order valence-electron chi connectivity index (χ0n) is 12.8. The summed E-state index contributed by atoms with van der Waals surface area (Å²) in [4.78, 5) is 8.39. The lowest BCUT2D eigenvalue weighted by Crippen LogP contribution is -2.06. The number of nitrogens with one attached hydrogen (secondary N) is 2. The average Bonchev–Trinajstić information content (AvgIpc) is 2.57. The minimum Gasteiger partial charge on any atom is -0.393 e. The summed E-state index contributed by atoms with van der Waals surface area (Å²) in [5, 5.41) is 7.56. The summed E-state index contributed by atoms with van der Waals surface area (Å²) in [6.45, 7) is 1.92. The lowest BCUT2D eigenvalue weighted by atomic mass is 10.2. The summed E-state index contributed by atoms with van der Waals surface area (Å²) >= 11 is 12.3. The third-order valence-corrected chi connectivity index (χ3v) is 4.27. The fourth-order valence-corrected chi connectivity index (χ4v) is 2.51. The van der Waals surface area contributed by atoms with Crippen molar-refractivity contribution in [3.8, 4) is 0 Å². The number of hydrogen-bond acceptors (Lipinski definition) is 5. The first-order valence-electron chi connectivity index (χ1n) is 7.20. The summed E-state index contributed by atoms with van der Waals surface area (Å²) in [6, 6.07) is 13.0. The molecule has 1 aromatic heterocycles. The van der Waals surface area contributed by atoms with Crippen LogP contribution in [0.15, 0.2) is 48.8 Å². The highest BCUT2D eigenvalue weighted by molar-refractivity contribution is 6.33. The first kappa shape index (κ1) is 16.4. The SMILES string of the molecule is Cc1c(Cl)cccc1Nc1ncnc(Nc2ccccc2Cl)c1N. The minimum absolute atomic E-state index is 0.386. The molecule has 3 aromatic rings. The topological polar surface area (TPSA) is 75.9 Å².